The molecule has 1 atom stereocenters. The quantitative estimate of drug-likeness (QED) is 0.358. The topological polar surface area (TPSA) is 112 Å². The van der Waals surface area contributed by atoms with Crippen molar-refractivity contribution in [1.29, 1.82) is 0 Å². The number of hydrogen-bond donors (Lipinski definition) is 3. The number of halogens is 3. The molecule has 0 radical (unpaired) electrons. The number of carbonyl (C=O) groups is 1. The highest BCUT2D eigenvalue weighted by atomic mass is 32.2. The summed E-state index contributed by atoms with van der Waals surface area (Å²) in [4.78, 5) is 17.3. The molecule has 1 aliphatic rings. The molecule has 1 aromatic heterocycles. The molecule has 0 spiro atoms. The molecule has 38 heavy (non-hydrogen) atoms. The van der Waals surface area contributed by atoms with Gasteiger partial charge in [0.1, 0.15) is 5.82 Å². The van der Waals surface area contributed by atoms with Gasteiger partial charge in [-0.05, 0) is 68.4 Å². The third-order valence-corrected chi connectivity index (χ3v) is 8.74. The van der Waals surface area contributed by atoms with Crippen LogP contribution in [0.25, 0.3) is 0 Å². The van der Waals surface area contributed by atoms with E-state index in [2.05, 4.69) is 15.7 Å². The van der Waals surface area contributed by atoms with Gasteiger partial charge in [-0.15, -0.1) is 0 Å². The monoisotopic (exact) mass is 556 g/mol. The van der Waals surface area contributed by atoms with Gasteiger partial charge in [0.15, 0.2) is 9.84 Å². The van der Waals surface area contributed by atoms with Crippen LogP contribution in [-0.2, 0) is 9.84 Å². The van der Waals surface area contributed by atoms with Gasteiger partial charge in [-0.1, -0.05) is 19.1 Å². The van der Waals surface area contributed by atoms with Crippen molar-refractivity contribution in [3.8, 4) is 0 Å². The van der Waals surface area contributed by atoms with Crippen LogP contribution < -0.4 is 15.8 Å². The van der Waals surface area contributed by atoms with Gasteiger partial charge in [0.2, 0.25) is 0 Å². The summed E-state index contributed by atoms with van der Waals surface area (Å²) in [5.74, 6) is -0.961. The smallest absolute Gasteiger partial charge is 0.391 e. The van der Waals surface area contributed by atoms with Gasteiger partial charge >= 0.3 is 6.18 Å². The third-order valence-electron chi connectivity index (χ3n) is 6.99. The highest BCUT2D eigenvalue weighted by Crippen LogP contribution is 2.39. The number of aliphatic hydroxyl groups excluding tert-OH is 1. The fourth-order valence-corrected chi connectivity index (χ4v) is 5.40. The predicted octanol–water partition coefficient (Wildman–Crippen LogP) is 4.04. The molecule has 1 aliphatic carbocycles. The Labute approximate surface area is 221 Å². The van der Waals surface area contributed by atoms with Crippen molar-refractivity contribution >= 4 is 21.6 Å². The average Bonchev–Trinajstić information content (AvgIpc) is 2.92. The molecule has 1 heterocycles. The van der Waals surface area contributed by atoms with Crippen molar-refractivity contribution in [1.82, 2.24) is 15.7 Å². The first-order valence-corrected chi connectivity index (χ1v) is 14.4. The number of aliphatic hydroxyl groups is 1. The van der Waals surface area contributed by atoms with Gasteiger partial charge in [0.05, 0.1) is 34.8 Å². The van der Waals surface area contributed by atoms with E-state index in [0.717, 1.165) is 0 Å². The van der Waals surface area contributed by atoms with Crippen LogP contribution in [0, 0.1) is 11.8 Å². The van der Waals surface area contributed by atoms with Crippen molar-refractivity contribution in [2.75, 3.05) is 30.5 Å². The molecule has 3 rings (SSSR count). The molecule has 0 unspecified atom stereocenters. The number of sulfone groups is 1. The summed E-state index contributed by atoms with van der Waals surface area (Å²) in [6.45, 7) is 4.20. The van der Waals surface area contributed by atoms with Crippen molar-refractivity contribution in [2.24, 2.45) is 11.8 Å². The fraction of sp³-hybridized carbons (Fsp3) is 0.538. The Morgan fingerprint density at radius 2 is 1.76 bits per heavy atom. The molecular formula is C26H35F3N4O4S. The number of hydrazine groups is 1. The number of aromatic nitrogens is 1. The van der Waals surface area contributed by atoms with Crippen molar-refractivity contribution < 1.29 is 31.5 Å². The van der Waals surface area contributed by atoms with E-state index in [1.165, 1.54) is 18.3 Å². The van der Waals surface area contributed by atoms with E-state index in [1.54, 1.807) is 36.2 Å². The fourth-order valence-electron chi connectivity index (χ4n) is 4.52. The SMILES string of the molecule is CCN(NCC1CCC(C(F)(F)F)CC1)c1ccc(C(=O)N[C@@H](CO)c2ccc(S(=O)(=O)CC)cc2)cn1. The molecule has 8 nitrogen and oxygen atoms in total. The van der Waals surface area contributed by atoms with Crippen LogP contribution in [-0.4, -0.2) is 56.0 Å². The molecule has 1 aromatic carbocycles. The van der Waals surface area contributed by atoms with Crippen molar-refractivity contribution in [3.05, 3.63) is 53.7 Å². The second-order valence-electron chi connectivity index (χ2n) is 9.45. The minimum Gasteiger partial charge on any atom is -0.394 e. The largest absolute Gasteiger partial charge is 0.394 e. The third kappa shape index (κ3) is 7.67. The molecule has 12 heteroatoms. The van der Waals surface area contributed by atoms with Gasteiger partial charge in [0.25, 0.3) is 5.91 Å². The lowest BCUT2D eigenvalue weighted by Crippen LogP contribution is -2.42. The number of alkyl halides is 3. The summed E-state index contributed by atoms with van der Waals surface area (Å²) >= 11 is 0. The molecule has 1 saturated carbocycles. The number of benzene rings is 1. The van der Waals surface area contributed by atoms with Gasteiger partial charge in [-0.25, -0.2) is 18.8 Å². The van der Waals surface area contributed by atoms with Crippen LogP contribution in [0.2, 0.25) is 0 Å². The van der Waals surface area contributed by atoms with E-state index in [1.807, 2.05) is 6.92 Å². The van der Waals surface area contributed by atoms with E-state index in [-0.39, 0.29) is 41.6 Å². The Morgan fingerprint density at radius 1 is 1.11 bits per heavy atom. The summed E-state index contributed by atoms with van der Waals surface area (Å²) in [6.07, 6.45) is -1.36. The number of pyridine rings is 1. The zero-order valence-electron chi connectivity index (χ0n) is 21.5. The molecule has 0 aliphatic heterocycles. The molecule has 1 amide bonds. The zero-order chi connectivity index (χ0) is 27.9. The van der Waals surface area contributed by atoms with Crippen molar-refractivity contribution in [2.45, 2.75) is 56.6 Å². The number of rotatable bonds is 11. The second-order valence-corrected chi connectivity index (χ2v) is 11.7. The molecule has 0 bridgehead atoms. The number of amides is 1. The second kappa shape index (κ2) is 12.9. The number of carbonyl (C=O) groups excluding carboxylic acids is 1. The molecular weight excluding hydrogens is 521 g/mol. The van der Waals surface area contributed by atoms with Crippen LogP contribution >= 0.6 is 0 Å². The summed E-state index contributed by atoms with van der Waals surface area (Å²) < 4.78 is 62.7. The normalized spacial score (nSPS) is 19.1. The van der Waals surface area contributed by atoms with E-state index in [0.29, 0.717) is 37.3 Å². The lowest BCUT2D eigenvalue weighted by atomic mass is 9.82. The maximum atomic E-state index is 12.9. The van der Waals surface area contributed by atoms with Crippen LogP contribution in [0.1, 0.15) is 61.5 Å². The number of nitrogens with zero attached hydrogens (tertiary/aromatic N) is 2. The summed E-state index contributed by atoms with van der Waals surface area (Å²) in [6, 6.07) is 8.56. The first kappa shape index (κ1) is 29.9. The summed E-state index contributed by atoms with van der Waals surface area (Å²) in [5.41, 5.74) is 4.09. The minimum absolute atomic E-state index is 0.0244. The summed E-state index contributed by atoms with van der Waals surface area (Å²) in [5, 5.41) is 14.3. The Morgan fingerprint density at radius 3 is 2.26 bits per heavy atom. The predicted molar refractivity (Wildman–Crippen MR) is 138 cm³/mol. The summed E-state index contributed by atoms with van der Waals surface area (Å²) in [7, 11) is -3.35. The van der Waals surface area contributed by atoms with Crippen LogP contribution in [0.15, 0.2) is 47.5 Å². The Bertz CT molecular complexity index is 1150. The Balaban J connectivity index is 1.56. The number of hydrogen-bond acceptors (Lipinski definition) is 7. The average molecular weight is 557 g/mol. The van der Waals surface area contributed by atoms with Gasteiger partial charge < -0.3 is 10.4 Å². The first-order valence-electron chi connectivity index (χ1n) is 12.8. The van der Waals surface area contributed by atoms with Crippen LogP contribution in [0.4, 0.5) is 19.0 Å². The first-order chi connectivity index (χ1) is 18.0. The minimum atomic E-state index is -4.12. The van der Waals surface area contributed by atoms with E-state index < -0.39 is 33.9 Å². The van der Waals surface area contributed by atoms with E-state index in [4.69, 9.17) is 0 Å². The zero-order valence-corrected chi connectivity index (χ0v) is 22.4. The lowest BCUT2D eigenvalue weighted by molar-refractivity contribution is -0.183. The standard InChI is InChI=1S/C26H35F3N4O4S/c1-3-33(31-15-18-5-10-21(11-6-18)26(27,28)29)24-14-9-20(16-30-24)25(35)32-23(17-34)19-7-12-22(13-8-19)38(36,37)4-2/h7-9,12-14,16,18,21,23,31,34H,3-6,10-11,15,17H2,1-2H3,(H,32,35)/t18?,21?,23-/m0/s1. The lowest BCUT2D eigenvalue weighted by Gasteiger charge is -2.32. The van der Waals surface area contributed by atoms with E-state index >= 15 is 0 Å². The molecule has 2 aromatic rings. The van der Waals surface area contributed by atoms with Crippen LogP contribution in [0.3, 0.4) is 0 Å². The Hall–Kier alpha value is -2.70. The van der Waals surface area contributed by atoms with Crippen molar-refractivity contribution in [3.63, 3.8) is 0 Å². The molecule has 3 N–H and O–H groups in total. The Kier molecular flexibility index (Phi) is 10.1. The van der Waals surface area contributed by atoms with Crippen LogP contribution in [0.5, 0.6) is 0 Å². The van der Waals surface area contributed by atoms with Gasteiger partial charge in [-0.3, -0.25) is 9.80 Å². The maximum Gasteiger partial charge on any atom is 0.391 e. The highest BCUT2D eigenvalue weighted by molar-refractivity contribution is 7.91. The molecule has 0 saturated heterocycles. The number of nitrogens with one attached hydrogen (secondary N) is 2. The van der Waals surface area contributed by atoms with E-state index in [9.17, 15) is 31.5 Å². The molecule has 210 valence electrons. The van der Waals surface area contributed by atoms with Gasteiger partial charge in [0, 0.05) is 19.3 Å². The highest BCUT2D eigenvalue weighted by Gasteiger charge is 2.41. The van der Waals surface area contributed by atoms with Gasteiger partial charge in [-0.2, -0.15) is 13.2 Å². The maximum absolute atomic E-state index is 12.9. The molecule has 1 fully saturated rings. The number of anilines is 1.